The number of rotatable bonds is 7. The summed E-state index contributed by atoms with van der Waals surface area (Å²) in [7, 11) is 0. The fraction of sp³-hybridized carbons (Fsp3) is 0.263. The van der Waals surface area contributed by atoms with Crippen molar-refractivity contribution in [1.82, 2.24) is 10.3 Å². The zero-order valence-corrected chi connectivity index (χ0v) is 24.6. The Morgan fingerprint density at radius 3 is 2.26 bits per heavy atom. The number of benzene rings is 4. The lowest BCUT2D eigenvalue weighted by Gasteiger charge is -2.19. The van der Waals surface area contributed by atoms with Crippen LogP contribution < -0.4 is 10.1 Å². The summed E-state index contributed by atoms with van der Waals surface area (Å²) >= 11 is 0. The average molecular weight is 554 g/mol. The molecule has 1 heterocycles. The van der Waals surface area contributed by atoms with E-state index in [4.69, 9.17) is 4.74 Å². The van der Waals surface area contributed by atoms with Gasteiger partial charge in [0.1, 0.15) is 17.2 Å². The van der Waals surface area contributed by atoms with Gasteiger partial charge in [-0.1, -0.05) is 93.6 Å². The van der Waals surface area contributed by atoms with Crippen LogP contribution in [0.2, 0.25) is 0 Å². The SMILES string of the molecule is CC(C)(C)c1ccc(Oc2ccc3cc(C(=O)[N]CC4CCC(c5ccc(-c6ccccc6)cc5)C4)ncc3c2)cc1. The monoisotopic (exact) mass is 553 g/mol. The van der Waals surface area contributed by atoms with Crippen molar-refractivity contribution in [1.29, 1.82) is 0 Å². The Balaban J connectivity index is 1.03. The molecule has 0 aliphatic heterocycles. The Hall–Kier alpha value is -4.44. The summed E-state index contributed by atoms with van der Waals surface area (Å²) in [6.07, 6.45) is 5.03. The van der Waals surface area contributed by atoms with E-state index in [1.165, 1.54) is 22.3 Å². The second kappa shape index (κ2) is 11.8. The van der Waals surface area contributed by atoms with Crippen molar-refractivity contribution < 1.29 is 9.53 Å². The molecule has 1 amide bonds. The molecular weight excluding hydrogens is 516 g/mol. The van der Waals surface area contributed by atoms with E-state index in [-0.39, 0.29) is 11.3 Å². The summed E-state index contributed by atoms with van der Waals surface area (Å²) in [4.78, 5) is 17.4. The van der Waals surface area contributed by atoms with Crippen LogP contribution in [0.4, 0.5) is 0 Å². The number of pyridine rings is 1. The summed E-state index contributed by atoms with van der Waals surface area (Å²) in [6.45, 7) is 7.14. The largest absolute Gasteiger partial charge is 0.457 e. The summed E-state index contributed by atoms with van der Waals surface area (Å²) in [5, 5.41) is 6.30. The van der Waals surface area contributed by atoms with Crippen molar-refractivity contribution in [3.05, 3.63) is 126 Å². The van der Waals surface area contributed by atoms with Crippen LogP contribution in [-0.4, -0.2) is 17.4 Å². The first kappa shape index (κ1) is 27.7. The van der Waals surface area contributed by atoms with Gasteiger partial charge in [0.2, 0.25) is 0 Å². The second-order valence-electron chi connectivity index (χ2n) is 12.5. The van der Waals surface area contributed by atoms with Gasteiger partial charge in [0.15, 0.2) is 0 Å². The minimum Gasteiger partial charge on any atom is -0.457 e. The third kappa shape index (κ3) is 6.38. The second-order valence-corrected chi connectivity index (χ2v) is 12.5. The van der Waals surface area contributed by atoms with Gasteiger partial charge in [0.05, 0.1) is 0 Å². The van der Waals surface area contributed by atoms with E-state index in [0.29, 0.717) is 24.1 Å². The molecule has 2 unspecified atom stereocenters. The Morgan fingerprint density at radius 1 is 0.810 bits per heavy atom. The molecule has 1 aromatic heterocycles. The molecule has 1 aliphatic rings. The smallest absolute Gasteiger partial charge is 0.291 e. The van der Waals surface area contributed by atoms with E-state index in [1.54, 1.807) is 6.20 Å². The van der Waals surface area contributed by atoms with Gasteiger partial charge < -0.3 is 4.74 Å². The fourth-order valence-corrected chi connectivity index (χ4v) is 5.87. The van der Waals surface area contributed by atoms with Gasteiger partial charge in [-0.3, -0.25) is 9.78 Å². The van der Waals surface area contributed by atoms with Crippen LogP contribution in [0.3, 0.4) is 0 Å². The van der Waals surface area contributed by atoms with Crippen molar-refractivity contribution in [3.8, 4) is 22.6 Å². The maximum Gasteiger partial charge on any atom is 0.291 e. The summed E-state index contributed by atoms with van der Waals surface area (Å²) in [5.41, 5.74) is 5.62. The third-order valence-electron chi connectivity index (χ3n) is 8.39. The van der Waals surface area contributed by atoms with Crippen molar-refractivity contribution in [3.63, 3.8) is 0 Å². The number of carbonyl (C=O) groups excluding carboxylic acids is 1. The Morgan fingerprint density at radius 2 is 1.52 bits per heavy atom. The van der Waals surface area contributed by atoms with E-state index in [0.717, 1.165) is 41.5 Å². The standard InChI is InChI=1S/C38H37N2O2/c1-38(2,3)33-16-19-34(20-17-33)42-35-18-15-31-23-36(39-25-32(31)22-35)37(41)40-24-26-9-10-30(21-26)29-13-11-28(12-14-29)27-7-5-4-6-8-27/h4-8,11-20,22-23,25-26,30H,9-10,21,24H2,1-3H3. The lowest BCUT2D eigenvalue weighted by Crippen LogP contribution is -2.22. The molecule has 0 bridgehead atoms. The maximum absolute atomic E-state index is 12.9. The summed E-state index contributed by atoms with van der Waals surface area (Å²) in [6, 6.07) is 35.3. The van der Waals surface area contributed by atoms with Crippen molar-refractivity contribution in [2.24, 2.45) is 5.92 Å². The molecule has 1 fully saturated rings. The molecule has 1 saturated carbocycles. The number of ether oxygens (including phenoxy) is 1. The molecule has 0 N–H and O–H groups in total. The topological polar surface area (TPSA) is 53.3 Å². The van der Waals surface area contributed by atoms with Crippen LogP contribution in [0.15, 0.2) is 109 Å². The van der Waals surface area contributed by atoms with Crippen molar-refractivity contribution >= 4 is 16.7 Å². The first-order chi connectivity index (χ1) is 20.3. The molecule has 5 aromatic rings. The van der Waals surface area contributed by atoms with Crippen molar-refractivity contribution in [2.75, 3.05) is 6.54 Å². The van der Waals surface area contributed by atoms with Crippen LogP contribution in [0.1, 0.15) is 67.6 Å². The molecule has 211 valence electrons. The molecule has 1 aliphatic carbocycles. The number of aromatic nitrogens is 1. The van der Waals surface area contributed by atoms with E-state index in [2.05, 4.69) is 91.7 Å². The Bertz CT molecular complexity index is 1670. The molecule has 4 nitrogen and oxygen atoms in total. The summed E-state index contributed by atoms with van der Waals surface area (Å²) in [5.74, 6) is 2.23. The molecule has 1 radical (unpaired) electrons. The quantitative estimate of drug-likeness (QED) is 0.202. The number of amides is 1. The van der Waals surface area contributed by atoms with Crippen LogP contribution in [0, 0.1) is 5.92 Å². The van der Waals surface area contributed by atoms with Crippen LogP contribution in [0.25, 0.3) is 21.9 Å². The highest BCUT2D eigenvalue weighted by Gasteiger charge is 2.27. The van der Waals surface area contributed by atoms with Gasteiger partial charge in [-0.15, -0.1) is 0 Å². The minimum absolute atomic E-state index is 0.101. The fourth-order valence-electron chi connectivity index (χ4n) is 5.87. The molecule has 4 heteroatoms. The van der Waals surface area contributed by atoms with Gasteiger partial charge >= 0.3 is 0 Å². The number of fused-ring (bicyclic) bond motifs is 1. The summed E-state index contributed by atoms with van der Waals surface area (Å²) < 4.78 is 6.08. The number of hydrogen-bond donors (Lipinski definition) is 0. The number of carbonyl (C=O) groups is 1. The lowest BCUT2D eigenvalue weighted by molar-refractivity contribution is 0.0937. The van der Waals surface area contributed by atoms with Gasteiger partial charge in [-0.2, -0.15) is 0 Å². The van der Waals surface area contributed by atoms with E-state index in [9.17, 15) is 4.79 Å². The van der Waals surface area contributed by atoms with E-state index >= 15 is 0 Å². The molecule has 42 heavy (non-hydrogen) atoms. The molecule has 0 spiro atoms. The highest BCUT2D eigenvalue weighted by molar-refractivity contribution is 5.96. The predicted molar refractivity (Wildman–Crippen MR) is 170 cm³/mol. The van der Waals surface area contributed by atoms with Crippen LogP contribution >= 0.6 is 0 Å². The molecule has 0 saturated heterocycles. The van der Waals surface area contributed by atoms with E-state index in [1.807, 2.05) is 42.5 Å². The van der Waals surface area contributed by atoms with Crippen LogP contribution in [-0.2, 0) is 5.41 Å². The zero-order valence-electron chi connectivity index (χ0n) is 24.6. The minimum atomic E-state index is -0.244. The number of hydrogen-bond acceptors (Lipinski definition) is 3. The average Bonchev–Trinajstić information content (AvgIpc) is 3.49. The molecular formula is C38H37N2O2. The third-order valence-corrected chi connectivity index (χ3v) is 8.39. The van der Waals surface area contributed by atoms with Crippen LogP contribution in [0.5, 0.6) is 11.5 Å². The predicted octanol–water partition coefficient (Wildman–Crippen LogP) is 9.32. The Kier molecular flexibility index (Phi) is 7.80. The van der Waals surface area contributed by atoms with Gasteiger partial charge in [-0.05, 0) is 94.5 Å². The maximum atomic E-state index is 12.9. The molecule has 2 atom stereocenters. The lowest BCUT2D eigenvalue weighted by atomic mass is 9.87. The zero-order chi connectivity index (χ0) is 29.1. The normalized spacial score (nSPS) is 16.8. The van der Waals surface area contributed by atoms with Gasteiger partial charge in [0, 0.05) is 18.1 Å². The van der Waals surface area contributed by atoms with Gasteiger partial charge in [-0.25, -0.2) is 5.32 Å². The highest BCUT2D eigenvalue weighted by atomic mass is 16.5. The molecule has 6 rings (SSSR count). The van der Waals surface area contributed by atoms with Crippen molar-refractivity contribution in [2.45, 2.75) is 51.4 Å². The van der Waals surface area contributed by atoms with E-state index < -0.39 is 0 Å². The first-order valence-corrected chi connectivity index (χ1v) is 14.9. The molecule has 4 aromatic carbocycles. The van der Waals surface area contributed by atoms with Gasteiger partial charge in [0.25, 0.3) is 5.91 Å². The Labute approximate surface area is 248 Å². The number of nitrogens with zero attached hydrogens (tertiary/aromatic N) is 2. The highest BCUT2D eigenvalue weighted by Crippen LogP contribution is 2.38. The first-order valence-electron chi connectivity index (χ1n) is 14.9.